The molecule has 118 valence electrons. The van der Waals surface area contributed by atoms with Crippen LogP contribution in [-0.2, 0) is 0 Å². The second-order valence-corrected chi connectivity index (χ2v) is 4.91. The molecule has 0 aliphatic rings. The lowest BCUT2D eigenvalue weighted by Gasteiger charge is -2.07. The Hall–Kier alpha value is -2.93. The number of hydrogen-bond acceptors (Lipinski definition) is 2. The molecular formula is C15H13ClFN5O. The normalized spacial score (nSPS) is 11.1. The number of halogens is 2. The van der Waals surface area contributed by atoms with E-state index in [0.29, 0.717) is 5.02 Å². The lowest BCUT2D eigenvalue weighted by Crippen LogP contribution is -2.26. The van der Waals surface area contributed by atoms with Crippen molar-refractivity contribution in [2.75, 3.05) is 0 Å². The summed E-state index contributed by atoms with van der Waals surface area (Å²) < 4.78 is 13.8. The maximum absolute atomic E-state index is 13.8. The number of guanidine groups is 2. The lowest BCUT2D eigenvalue weighted by atomic mass is 10.0. The van der Waals surface area contributed by atoms with Crippen molar-refractivity contribution in [3.63, 3.8) is 0 Å². The van der Waals surface area contributed by atoms with E-state index < -0.39 is 11.6 Å². The molecule has 0 unspecified atom stereocenters. The maximum atomic E-state index is 13.8. The first-order chi connectivity index (χ1) is 10.9. The molecule has 2 aromatic rings. The molecule has 6 nitrogen and oxygen atoms in total. The molecule has 0 saturated carbocycles. The van der Waals surface area contributed by atoms with Crippen LogP contribution in [0.2, 0.25) is 5.02 Å². The van der Waals surface area contributed by atoms with E-state index >= 15 is 0 Å². The SMILES string of the molecule is NC(N)=NC(N)=Nc1ccc(Cl)cc1C(=O)c1ccccc1F. The van der Waals surface area contributed by atoms with Crippen LogP contribution >= 0.6 is 11.6 Å². The quantitative estimate of drug-likeness (QED) is 0.451. The number of carbonyl (C=O) groups is 1. The molecule has 0 heterocycles. The van der Waals surface area contributed by atoms with Crippen molar-refractivity contribution < 1.29 is 9.18 Å². The number of rotatable bonds is 3. The summed E-state index contributed by atoms with van der Waals surface area (Å²) in [7, 11) is 0. The van der Waals surface area contributed by atoms with Crippen molar-refractivity contribution in [1.82, 2.24) is 0 Å². The summed E-state index contributed by atoms with van der Waals surface area (Å²) in [6, 6.07) is 9.95. The summed E-state index contributed by atoms with van der Waals surface area (Å²) in [6.07, 6.45) is 0. The summed E-state index contributed by atoms with van der Waals surface area (Å²) in [5, 5.41) is 0.295. The largest absolute Gasteiger partial charge is 0.370 e. The highest BCUT2D eigenvalue weighted by atomic mass is 35.5. The van der Waals surface area contributed by atoms with Crippen LogP contribution in [0.4, 0.5) is 10.1 Å². The third-order valence-electron chi connectivity index (χ3n) is 2.80. The van der Waals surface area contributed by atoms with Crippen LogP contribution in [0.15, 0.2) is 52.4 Å². The molecule has 0 amide bonds. The minimum atomic E-state index is -0.649. The third-order valence-corrected chi connectivity index (χ3v) is 3.04. The fraction of sp³-hybridized carbons (Fsp3) is 0. The Morgan fingerprint density at radius 3 is 2.39 bits per heavy atom. The molecule has 0 fully saturated rings. The Labute approximate surface area is 136 Å². The van der Waals surface area contributed by atoms with E-state index in [1.165, 1.54) is 36.4 Å². The second kappa shape index (κ2) is 6.89. The zero-order valence-electron chi connectivity index (χ0n) is 11.8. The monoisotopic (exact) mass is 333 g/mol. The van der Waals surface area contributed by atoms with Gasteiger partial charge in [-0.2, -0.15) is 4.99 Å². The van der Waals surface area contributed by atoms with E-state index in [9.17, 15) is 9.18 Å². The predicted octanol–water partition coefficient (Wildman–Crippen LogP) is 1.93. The molecule has 23 heavy (non-hydrogen) atoms. The van der Waals surface area contributed by atoms with E-state index in [1.54, 1.807) is 6.07 Å². The molecule has 0 aliphatic carbocycles. The van der Waals surface area contributed by atoms with E-state index in [0.717, 1.165) is 0 Å². The molecular weight excluding hydrogens is 321 g/mol. The zero-order chi connectivity index (χ0) is 17.0. The average molecular weight is 334 g/mol. The maximum Gasteiger partial charge on any atom is 0.223 e. The van der Waals surface area contributed by atoms with Crippen LogP contribution in [0.1, 0.15) is 15.9 Å². The van der Waals surface area contributed by atoms with Gasteiger partial charge in [-0.15, -0.1) is 0 Å². The fourth-order valence-electron chi connectivity index (χ4n) is 1.86. The Kier molecular flexibility index (Phi) is 4.92. The van der Waals surface area contributed by atoms with Crippen molar-refractivity contribution in [2.45, 2.75) is 0 Å². The van der Waals surface area contributed by atoms with Crippen LogP contribution < -0.4 is 17.2 Å². The molecule has 0 saturated heterocycles. The van der Waals surface area contributed by atoms with Crippen LogP contribution in [-0.4, -0.2) is 17.7 Å². The number of nitrogens with two attached hydrogens (primary N) is 3. The van der Waals surface area contributed by atoms with Crippen molar-refractivity contribution >= 4 is 35.0 Å². The number of hydrogen-bond donors (Lipinski definition) is 3. The summed E-state index contributed by atoms with van der Waals surface area (Å²) in [6.45, 7) is 0. The summed E-state index contributed by atoms with van der Waals surface area (Å²) in [5.41, 5.74) is 16.1. The Bertz CT molecular complexity index is 815. The van der Waals surface area contributed by atoms with Gasteiger partial charge in [-0.05, 0) is 30.3 Å². The fourth-order valence-corrected chi connectivity index (χ4v) is 2.03. The van der Waals surface area contributed by atoms with Gasteiger partial charge in [-0.3, -0.25) is 4.79 Å². The van der Waals surface area contributed by atoms with Crippen LogP contribution in [0.25, 0.3) is 0 Å². The van der Waals surface area contributed by atoms with Gasteiger partial charge in [0.25, 0.3) is 0 Å². The van der Waals surface area contributed by atoms with Gasteiger partial charge in [0, 0.05) is 10.6 Å². The lowest BCUT2D eigenvalue weighted by molar-refractivity contribution is 0.103. The van der Waals surface area contributed by atoms with Gasteiger partial charge in [-0.25, -0.2) is 9.38 Å². The van der Waals surface area contributed by atoms with Gasteiger partial charge in [0.2, 0.25) is 5.96 Å². The number of ketones is 1. The Morgan fingerprint density at radius 1 is 1.04 bits per heavy atom. The number of benzene rings is 2. The van der Waals surface area contributed by atoms with E-state index in [1.807, 2.05) is 0 Å². The van der Waals surface area contributed by atoms with Gasteiger partial charge in [0.05, 0.1) is 11.3 Å². The van der Waals surface area contributed by atoms with Gasteiger partial charge in [-0.1, -0.05) is 23.7 Å². The molecule has 2 rings (SSSR count). The molecule has 8 heteroatoms. The highest BCUT2D eigenvalue weighted by Gasteiger charge is 2.17. The number of carbonyl (C=O) groups excluding carboxylic acids is 1. The highest BCUT2D eigenvalue weighted by Crippen LogP contribution is 2.26. The highest BCUT2D eigenvalue weighted by molar-refractivity contribution is 6.31. The Morgan fingerprint density at radius 2 is 1.74 bits per heavy atom. The van der Waals surface area contributed by atoms with Crippen LogP contribution in [0, 0.1) is 5.82 Å². The van der Waals surface area contributed by atoms with Crippen LogP contribution in [0.3, 0.4) is 0 Å². The van der Waals surface area contributed by atoms with Crippen molar-refractivity contribution in [3.8, 4) is 0 Å². The first-order valence-electron chi connectivity index (χ1n) is 6.41. The van der Waals surface area contributed by atoms with Crippen molar-refractivity contribution in [3.05, 3.63) is 64.4 Å². The van der Waals surface area contributed by atoms with Gasteiger partial charge in [0.1, 0.15) is 5.82 Å². The van der Waals surface area contributed by atoms with E-state index in [-0.39, 0.29) is 28.7 Å². The summed E-state index contributed by atoms with van der Waals surface area (Å²) in [4.78, 5) is 20.1. The minimum Gasteiger partial charge on any atom is -0.370 e. The standard InChI is InChI=1S/C15H13ClFN5O/c16-8-5-6-12(21-15(20)22-14(18)19)10(7-8)13(23)9-3-1-2-4-11(9)17/h1-7H,(H6,18,19,20,21,22). The molecule has 0 spiro atoms. The molecule has 0 aromatic heterocycles. The second-order valence-electron chi connectivity index (χ2n) is 4.48. The first kappa shape index (κ1) is 16.4. The minimum absolute atomic E-state index is 0.0799. The van der Waals surface area contributed by atoms with Gasteiger partial charge in [0.15, 0.2) is 11.7 Å². The molecule has 2 aromatic carbocycles. The first-order valence-corrected chi connectivity index (χ1v) is 6.79. The number of nitrogens with zero attached hydrogens (tertiary/aromatic N) is 2. The number of aliphatic imine (C=N–C) groups is 2. The summed E-state index contributed by atoms with van der Waals surface area (Å²) >= 11 is 5.92. The summed E-state index contributed by atoms with van der Waals surface area (Å²) in [5.74, 6) is -1.75. The topological polar surface area (TPSA) is 120 Å². The van der Waals surface area contributed by atoms with Crippen molar-refractivity contribution in [2.24, 2.45) is 27.2 Å². The van der Waals surface area contributed by atoms with E-state index in [2.05, 4.69) is 9.98 Å². The zero-order valence-corrected chi connectivity index (χ0v) is 12.6. The van der Waals surface area contributed by atoms with Gasteiger partial charge >= 0.3 is 0 Å². The Balaban J connectivity index is 2.54. The molecule has 0 atom stereocenters. The molecule has 0 bridgehead atoms. The molecule has 6 N–H and O–H groups in total. The molecule has 0 aliphatic heterocycles. The van der Waals surface area contributed by atoms with Crippen LogP contribution in [0.5, 0.6) is 0 Å². The van der Waals surface area contributed by atoms with Crippen molar-refractivity contribution in [1.29, 1.82) is 0 Å². The third kappa shape index (κ3) is 4.04. The smallest absolute Gasteiger partial charge is 0.223 e. The van der Waals surface area contributed by atoms with E-state index in [4.69, 9.17) is 28.8 Å². The molecule has 0 radical (unpaired) electrons. The van der Waals surface area contributed by atoms with Gasteiger partial charge < -0.3 is 17.2 Å². The average Bonchev–Trinajstić information content (AvgIpc) is 2.48. The predicted molar refractivity (Wildman–Crippen MR) is 88.4 cm³/mol.